The number of hydrogen-bond acceptors (Lipinski definition) is 6. The van der Waals surface area contributed by atoms with Crippen LogP contribution < -0.4 is 5.56 Å². The van der Waals surface area contributed by atoms with Crippen LogP contribution in [0.5, 0.6) is 5.75 Å². The Morgan fingerprint density at radius 2 is 1.90 bits per heavy atom. The lowest BCUT2D eigenvalue weighted by Crippen LogP contribution is -2.38. The van der Waals surface area contributed by atoms with Gasteiger partial charge in [-0.25, -0.2) is 9.38 Å². The summed E-state index contributed by atoms with van der Waals surface area (Å²) in [4.78, 5) is 31.9. The lowest BCUT2D eigenvalue weighted by Gasteiger charge is -2.26. The first-order valence-corrected chi connectivity index (χ1v) is 10.8. The van der Waals surface area contributed by atoms with Crippen molar-refractivity contribution in [3.8, 4) is 5.75 Å². The molecule has 0 saturated carbocycles. The molecule has 10 heteroatoms. The zero-order chi connectivity index (χ0) is 22.0. The fraction of sp³-hybridized carbons (Fsp3) is 0.381. The Hall–Kier alpha value is -2.39. The number of benzene rings is 1. The largest absolute Gasteiger partial charge is 0.501 e. The fourth-order valence-electron chi connectivity index (χ4n) is 3.58. The van der Waals surface area contributed by atoms with E-state index in [2.05, 4.69) is 9.88 Å². The predicted octanol–water partition coefficient (Wildman–Crippen LogP) is 2.66. The van der Waals surface area contributed by atoms with Crippen molar-refractivity contribution < 1.29 is 14.6 Å². The molecule has 0 unspecified atom stereocenters. The Balaban J connectivity index is 1.53. The van der Waals surface area contributed by atoms with Crippen molar-refractivity contribution in [3.05, 3.63) is 62.2 Å². The van der Waals surface area contributed by atoms with Crippen molar-refractivity contribution in [2.24, 2.45) is 0 Å². The van der Waals surface area contributed by atoms with E-state index >= 15 is 0 Å². The summed E-state index contributed by atoms with van der Waals surface area (Å²) in [5.74, 6) is -0.722. The molecule has 0 amide bonds. The molecule has 1 aliphatic rings. The van der Waals surface area contributed by atoms with Gasteiger partial charge in [0.25, 0.3) is 0 Å². The summed E-state index contributed by atoms with van der Waals surface area (Å²) in [6.07, 6.45) is 3.73. The Bertz CT molecular complexity index is 1170. The number of fused-ring (bicyclic) bond motifs is 1. The zero-order valence-electron chi connectivity index (χ0n) is 16.8. The van der Waals surface area contributed by atoms with Crippen molar-refractivity contribution in [1.82, 2.24) is 18.9 Å². The van der Waals surface area contributed by atoms with Gasteiger partial charge >= 0.3 is 5.56 Å². The summed E-state index contributed by atoms with van der Waals surface area (Å²) in [7, 11) is 0. The second kappa shape index (κ2) is 9.40. The van der Waals surface area contributed by atoms with Crippen molar-refractivity contribution in [2.45, 2.75) is 19.4 Å². The van der Waals surface area contributed by atoms with Gasteiger partial charge in [-0.1, -0.05) is 29.3 Å². The van der Waals surface area contributed by atoms with E-state index in [9.17, 15) is 14.7 Å². The van der Waals surface area contributed by atoms with Crippen LogP contribution in [0.25, 0.3) is 5.78 Å². The Morgan fingerprint density at radius 3 is 2.65 bits per heavy atom. The molecule has 3 heterocycles. The van der Waals surface area contributed by atoms with Gasteiger partial charge in [-0.05, 0) is 24.1 Å². The number of aryl methyl sites for hydroxylation is 1. The molecule has 3 aromatic rings. The van der Waals surface area contributed by atoms with Crippen LogP contribution in [0.3, 0.4) is 0 Å². The molecule has 0 radical (unpaired) electrons. The number of halogens is 2. The summed E-state index contributed by atoms with van der Waals surface area (Å²) < 4.78 is 8.43. The first kappa shape index (κ1) is 21.8. The van der Waals surface area contributed by atoms with E-state index < -0.39 is 17.1 Å². The average molecular weight is 465 g/mol. The van der Waals surface area contributed by atoms with E-state index in [0.717, 1.165) is 25.2 Å². The predicted molar refractivity (Wildman–Crippen MR) is 117 cm³/mol. The molecular formula is C21H22Cl2N4O4. The lowest BCUT2D eigenvalue weighted by atomic mass is 10.1. The molecule has 1 fully saturated rings. The highest BCUT2D eigenvalue weighted by Crippen LogP contribution is 2.24. The minimum absolute atomic E-state index is 0.0720. The number of ether oxygens (including phenoxy) is 1. The summed E-state index contributed by atoms with van der Waals surface area (Å²) >= 11 is 11.9. The molecule has 8 nitrogen and oxygen atoms in total. The van der Waals surface area contributed by atoms with E-state index in [0.29, 0.717) is 42.0 Å². The normalized spacial score (nSPS) is 14.9. The number of morpholine rings is 1. The molecule has 0 bridgehead atoms. The fourth-order valence-corrected chi connectivity index (χ4v) is 3.90. The van der Waals surface area contributed by atoms with E-state index in [4.69, 9.17) is 27.9 Å². The molecule has 0 atom stereocenters. The van der Waals surface area contributed by atoms with Crippen LogP contribution in [0, 0.1) is 0 Å². The monoisotopic (exact) mass is 464 g/mol. The molecule has 1 aromatic carbocycles. The van der Waals surface area contributed by atoms with Crippen LogP contribution in [0.2, 0.25) is 10.0 Å². The summed E-state index contributed by atoms with van der Waals surface area (Å²) in [6.45, 7) is 4.48. The number of rotatable bonds is 7. The lowest BCUT2D eigenvalue weighted by molar-refractivity contribution is 0.0365. The van der Waals surface area contributed by atoms with E-state index in [1.165, 1.54) is 4.40 Å². The van der Waals surface area contributed by atoms with Gasteiger partial charge in [-0.3, -0.25) is 14.5 Å². The maximum atomic E-state index is 12.8. The van der Waals surface area contributed by atoms with Crippen molar-refractivity contribution >= 4 is 34.8 Å². The molecule has 1 aliphatic heterocycles. The number of nitrogens with zero attached hydrogens (tertiary/aromatic N) is 4. The van der Waals surface area contributed by atoms with Crippen LogP contribution in [-0.2, 0) is 17.7 Å². The maximum Gasteiger partial charge on any atom is 0.302 e. The Kier molecular flexibility index (Phi) is 6.62. The number of hydrogen-bond donors (Lipinski definition) is 1. The smallest absolute Gasteiger partial charge is 0.302 e. The van der Waals surface area contributed by atoms with E-state index in [1.54, 1.807) is 30.6 Å². The number of carbonyl (C=O) groups excluding carboxylic acids is 1. The number of Topliss-reactive ketones (excluding diaryl/α,β-unsaturated/α-hetero) is 1. The number of imidazole rings is 1. The van der Waals surface area contributed by atoms with Gasteiger partial charge in [0.1, 0.15) is 0 Å². The van der Waals surface area contributed by atoms with Gasteiger partial charge in [0.15, 0.2) is 11.5 Å². The zero-order valence-corrected chi connectivity index (χ0v) is 18.3. The van der Waals surface area contributed by atoms with Gasteiger partial charge in [-0.15, -0.1) is 0 Å². The highest BCUT2D eigenvalue weighted by atomic mass is 35.5. The third-order valence-corrected chi connectivity index (χ3v) is 6.11. The second-order valence-electron chi connectivity index (χ2n) is 7.40. The van der Waals surface area contributed by atoms with Crippen LogP contribution >= 0.6 is 23.2 Å². The number of aromatic nitrogens is 3. The van der Waals surface area contributed by atoms with Crippen LogP contribution in [0.4, 0.5) is 0 Å². The van der Waals surface area contributed by atoms with E-state index in [1.807, 2.05) is 4.57 Å². The van der Waals surface area contributed by atoms with Crippen molar-refractivity contribution in [3.63, 3.8) is 0 Å². The first-order valence-electron chi connectivity index (χ1n) is 10.0. The number of ketones is 1. The van der Waals surface area contributed by atoms with Gasteiger partial charge in [0.2, 0.25) is 11.5 Å². The molecule has 2 aromatic heterocycles. The van der Waals surface area contributed by atoms with Crippen LogP contribution in [0.15, 0.2) is 35.4 Å². The third kappa shape index (κ3) is 4.77. The molecule has 0 aliphatic carbocycles. The standard InChI is InChI=1S/C21H22Cl2N4O4/c22-15-3-1-14(13-16(15)23)2-4-17(28)18-19(29)20(30)27-8-7-26(21(27)24-18)6-5-25-9-11-31-12-10-25/h1,3,7-8,13,29H,2,4-6,9-12H2. The summed E-state index contributed by atoms with van der Waals surface area (Å²) in [6, 6.07) is 5.14. The first-order chi connectivity index (χ1) is 14.9. The third-order valence-electron chi connectivity index (χ3n) is 5.38. The molecular weight excluding hydrogens is 443 g/mol. The minimum atomic E-state index is -0.659. The Labute approximate surface area is 188 Å². The number of carbonyl (C=O) groups is 1. The van der Waals surface area contributed by atoms with Crippen LogP contribution in [0.1, 0.15) is 22.5 Å². The molecule has 31 heavy (non-hydrogen) atoms. The SMILES string of the molecule is O=C(CCc1ccc(Cl)c(Cl)c1)c1nc2n(CCN3CCOCC3)ccn2c(=O)c1O. The molecule has 1 saturated heterocycles. The average Bonchev–Trinajstić information content (AvgIpc) is 3.19. The topological polar surface area (TPSA) is 89.1 Å². The van der Waals surface area contributed by atoms with Gasteiger partial charge in [0, 0.05) is 45.0 Å². The summed E-state index contributed by atoms with van der Waals surface area (Å²) in [5.41, 5.74) is -0.0432. The molecule has 164 valence electrons. The quantitative estimate of drug-likeness (QED) is 0.540. The second-order valence-corrected chi connectivity index (χ2v) is 8.22. The molecule has 1 N–H and O–H groups in total. The maximum absolute atomic E-state index is 12.8. The highest BCUT2D eigenvalue weighted by molar-refractivity contribution is 6.42. The summed E-state index contributed by atoms with van der Waals surface area (Å²) in [5, 5.41) is 11.1. The van der Waals surface area contributed by atoms with Gasteiger partial charge in [0.05, 0.1) is 23.3 Å². The van der Waals surface area contributed by atoms with E-state index in [-0.39, 0.29) is 12.1 Å². The Morgan fingerprint density at radius 1 is 1.13 bits per heavy atom. The minimum Gasteiger partial charge on any atom is -0.501 e. The molecule has 4 rings (SSSR count). The molecule has 0 spiro atoms. The van der Waals surface area contributed by atoms with Gasteiger partial charge in [-0.2, -0.15) is 0 Å². The van der Waals surface area contributed by atoms with Crippen molar-refractivity contribution in [2.75, 3.05) is 32.8 Å². The highest BCUT2D eigenvalue weighted by Gasteiger charge is 2.20. The van der Waals surface area contributed by atoms with Crippen molar-refractivity contribution in [1.29, 1.82) is 0 Å². The number of aromatic hydroxyl groups is 1. The van der Waals surface area contributed by atoms with Crippen LogP contribution in [-0.4, -0.2) is 62.6 Å². The van der Waals surface area contributed by atoms with Gasteiger partial charge < -0.3 is 14.4 Å².